The highest BCUT2D eigenvalue weighted by atomic mass is 16.7. The summed E-state index contributed by atoms with van der Waals surface area (Å²) in [5.74, 6) is 3.58. The van der Waals surface area contributed by atoms with E-state index in [1.807, 2.05) is 6.07 Å². The van der Waals surface area contributed by atoms with Crippen LogP contribution in [0.15, 0.2) is 30.3 Å². The van der Waals surface area contributed by atoms with Crippen LogP contribution >= 0.6 is 0 Å². The van der Waals surface area contributed by atoms with Crippen LogP contribution < -0.4 is 14.8 Å². The lowest BCUT2D eigenvalue weighted by molar-refractivity contribution is 0.101. The van der Waals surface area contributed by atoms with Gasteiger partial charge in [0.25, 0.3) is 0 Å². The zero-order chi connectivity index (χ0) is 16.7. The standard InChI is InChI=1S/C21H19NO3/c1-10(23)11-2-3-18-15(4-11)14-5-12-6-16(14)21(22-18)17-8-20-19(7-13(12)17)24-9-25-20/h2-4,7-8,12,14,16,21-22H,5-6,9H2,1H3/t12-,14+,16+,21-/m1/s1. The highest BCUT2D eigenvalue weighted by Crippen LogP contribution is 2.62. The Morgan fingerprint density at radius 1 is 1.04 bits per heavy atom. The van der Waals surface area contributed by atoms with Gasteiger partial charge in [0.1, 0.15) is 0 Å². The molecule has 4 nitrogen and oxygen atoms in total. The van der Waals surface area contributed by atoms with Gasteiger partial charge in [0, 0.05) is 11.3 Å². The van der Waals surface area contributed by atoms with Gasteiger partial charge in [-0.1, -0.05) is 0 Å². The minimum absolute atomic E-state index is 0.139. The summed E-state index contributed by atoms with van der Waals surface area (Å²) in [5, 5.41) is 3.76. The van der Waals surface area contributed by atoms with Crippen molar-refractivity contribution in [2.45, 2.75) is 37.6 Å². The molecule has 126 valence electrons. The molecule has 2 aliphatic carbocycles. The number of rotatable bonds is 1. The normalized spacial score (nSPS) is 29.6. The van der Waals surface area contributed by atoms with Crippen LogP contribution in [0.3, 0.4) is 0 Å². The number of hydrogen-bond donors (Lipinski definition) is 1. The highest BCUT2D eigenvalue weighted by Gasteiger charge is 2.49. The first-order chi connectivity index (χ1) is 12.2. The van der Waals surface area contributed by atoms with Gasteiger partial charge in [0.05, 0.1) is 6.04 Å². The van der Waals surface area contributed by atoms with Crippen molar-refractivity contribution in [3.8, 4) is 11.5 Å². The Hall–Kier alpha value is -2.49. The van der Waals surface area contributed by atoms with Gasteiger partial charge in [0.15, 0.2) is 17.3 Å². The summed E-state index contributed by atoms with van der Waals surface area (Å²) in [5.41, 5.74) is 6.11. The first kappa shape index (κ1) is 13.8. The molecule has 2 aromatic carbocycles. The average Bonchev–Trinajstić information content (AvgIpc) is 3.24. The van der Waals surface area contributed by atoms with Crippen molar-refractivity contribution in [3.05, 3.63) is 52.6 Å². The van der Waals surface area contributed by atoms with Crippen LogP contribution in [0.25, 0.3) is 0 Å². The molecule has 0 spiro atoms. The summed E-state index contributed by atoms with van der Waals surface area (Å²) < 4.78 is 11.2. The van der Waals surface area contributed by atoms with Gasteiger partial charge in [-0.2, -0.15) is 0 Å². The van der Waals surface area contributed by atoms with Crippen LogP contribution in [-0.4, -0.2) is 12.6 Å². The average molecular weight is 333 g/mol. The molecule has 4 aliphatic rings. The maximum absolute atomic E-state index is 11.8. The number of ketones is 1. The van der Waals surface area contributed by atoms with Gasteiger partial charge in [-0.25, -0.2) is 0 Å². The molecule has 0 saturated heterocycles. The molecule has 1 saturated carbocycles. The number of benzene rings is 2. The topological polar surface area (TPSA) is 47.6 Å². The second-order valence-corrected chi connectivity index (χ2v) is 7.75. The van der Waals surface area contributed by atoms with Gasteiger partial charge in [0.2, 0.25) is 6.79 Å². The Morgan fingerprint density at radius 2 is 1.84 bits per heavy atom. The molecular weight excluding hydrogens is 314 g/mol. The molecule has 2 aliphatic heterocycles. The molecule has 0 unspecified atom stereocenters. The predicted molar refractivity (Wildman–Crippen MR) is 93.6 cm³/mol. The molecule has 2 bridgehead atoms. The van der Waals surface area contributed by atoms with Crippen molar-refractivity contribution < 1.29 is 14.3 Å². The molecule has 0 radical (unpaired) electrons. The number of ether oxygens (including phenoxy) is 2. The zero-order valence-electron chi connectivity index (χ0n) is 14.0. The van der Waals surface area contributed by atoms with Crippen molar-refractivity contribution in [2.75, 3.05) is 12.1 Å². The quantitative estimate of drug-likeness (QED) is 0.787. The van der Waals surface area contributed by atoms with E-state index in [1.54, 1.807) is 6.92 Å². The fraction of sp³-hybridized carbons (Fsp3) is 0.381. The molecule has 2 aromatic rings. The number of carbonyl (C=O) groups excluding carboxylic acids is 1. The zero-order valence-corrected chi connectivity index (χ0v) is 14.0. The van der Waals surface area contributed by atoms with E-state index in [-0.39, 0.29) is 5.78 Å². The number of fused-ring (bicyclic) bond motifs is 7. The van der Waals surface area contributed by atoms with Crippen LogP contribution in [0.2, 0.25) is 0 Å². The second-order valence-electron chi connectivity index (χ2n) is 7.75. The van der Waals surface area contributed by atoms with E-state index < -0.39 is 0 Å². The minimum Gasteiger partial charge on any atom is -0.454 e. The summed E-state index contributed by atoms with van der Waals surface area (Å²) in [6.07, 6.45) is 2.36. The number of nitrogens with one attached hydrogen (secondary N) is 1. The Balaban J connectivity index is 1.51. The lowest BCUT2D eigenvalue weighted by Crippen LogP contribution is -2.30. The van der Waals surface area contributed by atoms with Crippen LogP contribution in [-0.2, 0) is 0 Å². The maximum atomic E-state index is 11.8. The van der Waals surface area contributed by atoms with Crippen LogP contribution in [0, 0.1) is 5.92 Å². The smallest absolute Gasteiger partial charge is 0.231 e. The van der Waals surface area contributed by atoms with E-state index in [9.17, 15) is 4.79 Å². The molecule has 6 rings (SSSR count). The Kier molecular flexibility index (Phi) is 2.51. The third-order valence-electron chi connectivity index (χ3n) is 6.56. The van der Waals surface area contributed by atoms with Gasteiger partial charge < -0.3 is 14.8 Å². The highest BCUT2D eigenvalue weighted by molar-refractivity contribution is 5.95. The molecule has 4 heteroatoms. The van der Waals surface area contributed by atoms with E-state index in [1.165, 1.54) is 28.8 Å². The number of Topliss-reactive ketones (excluding diaryl/α,β-unsaturated/α-hetero) is 1. The van der Waals surface area contributed by atoms with Crippen LogP contribution in [0.1, 0.15) is 64.7 Å². The Morgan fingerprint density at radius 3 is 2.64 bits per heavy atom. The lowest BCUT2D eigenvalue weighted by atomic mass is 9.74. The van der Waals surface area contributed by atoms with E-state index in [2.05, 4.69) is 29.6 Å². The lowest BCUT2D eigenvalue weighted by Gasteiger charge is -2.39. The molecule has 1 N–H and O–H groups in total. The Bertz CT molecular complexity index is 935. The summed E-state index contributed by atoms with van der Waals surface area (Å²) in [7, 11) is 0. The van der Waals surface area contributed by atoms with E-state index in [0.29, 0.717) is 30.6 Å². The predicted octanol–water partition coefficient (Wildman–Crippen LogP) is 4.38. The largest absolute Gasteiger partial charge is 0.454 e. The third-order valence-corrected chi connectivity index (χ3v) is 6.56. The first-order valence-corrected chi connectivity index (χ1v) is 9.04. The van der Waals surface area contributed by atoms with Gasteiger partial charge in [-0.15, -0.1) is 0 Å². The number of carbonyl (C=O) groups is 1. The minimum atomic E-state index is 0.139. The molecular formula is C21H19NO3. The van der Waals surface area contributed by atoms with Gasteiger partial charge >= 0.3 is 0 Å². The monoisotopic (exact) mass is 333 g/mol. The second kappa shape index (κ2) is 4.57. The maximum Gasteiger partial charge on any atom is 0.231 e. The van der Waals surface area contributed by atoms with Crippen LogP contribution in [0.4, 0.5) is 5.69 Å². The van der Waals surface area contributed by atoms with Crippen molar-refractivity contribution in [3.63, 3.8) is 0 Å². The van der Waals surface area contributed by atoms with E-state index >= 15 is 0 Å². The summed E-state index contributed by atoms with van der Waals surface area (Å²) in [6.45, 7) is 1.97. The number of anilines is 1. The fourth-order valence-corrected chi connectivity index (χ4v) is 5.45. The SMILES string of the molecule is CC(=O)c1ccc2c(c1)[C@@H]1C[C@@H]3C[C@@H]1[C@@H](N2)c1cc2c(cc13)OCO2. The first-order valence-electron chi connectivity index (χ1n) is 9.04. The Labute approximate surface area is 146 Å². The summed E-state index contributed by atoms with van der Waals surface area (Å²) >= 11 is 0. The molecule has 0 amide bonds. The van der Waals surface area contributed by atoms with E-state index in [4.69, 9.17) is 9.47 Å². The summed E-state index contributed by atoms with van der Waals surface area (Å²) in [6, 6.07) is 10.8. The number of hydrogen-bond acceptors (Lipinski definition) is 4. The molecule has 2 heterocycles. The van der Waals surface area contributed by atoms with Gasteiger partial charge in [-0.05, 0) is 84.5 Å². The fourth-order valence-electron chi connectivity index (χ4n) is 5.45. The van der Waals surface area contributed by atoms with Crippen molar-refractivity contribution in [1.29, 1.82) is 0 Å². The van der Waals surface area contributed by atoms with Gasteiger partial charge in [-0.3, -0.25) is 4.79 Å². The van der Waals surface area contributed by atoms with Crippen LogP contribution in [0.5, 0.6) is 11.5 Å². The van der Waals surface area contributed by atoms with E-state index in [0.717, 1.165) is 23.5 Å². The van der Waals surface area contributed by atoms with Crippen molar-refractivity contribution in [1.82, 2.24) is 0 Å². The third kappa shape index (κ3) is 1.74. The molecule has 4 atom stereocenters. The molecule has 0 aromatic heterocycles. The molecule has 1 fully saturated rings. The van der Waals surface area contributed by atoms with Crippen molar-refractivity contribution in [2.24, 2.45) is 5.92 Å². The molecule has 25 heavy (non-hydrogen) atoms. The summed E-state index contributed by atoms with van der Waals surface area (Å²) in [4.78, 5) is 11.8. The van der Waals surface area contributed by atoms with Crippen molar-refractivity contribution >= 4 is 11.5 Å².